The standard InChI is InChI=1S/C14H16N2O2/c15-14-7-6-12(10-16-14)11-17-8-9-18-13-4-2-1-3-5-13/h1-7,10H,8-9,11H2,(H2,15,16). The number of hydrogen-bond acceptors (Lipinski definition) is 4. The van der Waals surface area contributed by atoms with Crippen LogP contribution in [0.1, 0.15) is 5.56 Å². The Morgan fingerprint density at radius 1 is 1.00 bits per heavy atom. The van der Waals surface area contributed by atoms with Gasteiger partial charge in [-0.1, -0.05) is 24.3 Å². The first kappa shape index (κ1) is 12.4. The summed E-state index contributed by atoms with van der Waals surface area (Å²) in [5.74, 6) is 1.38. The van der Waals surface area contributed by atoms with Crippen LogP contribution >= 0.6 is 0 Å². The Morgan fingerprint density at radius 2 is 1.83 bits per heavy atom. The predicted molar refractivity (Wildman–Crippen MR) is 70.2 cm³/mol. The van der Waals surface area contributed by atoms with Gasteiger partial charge in [0.15, 0.2) is 0 Å². The maximum atomic E-state index is 5.50. The molecule has 94 valence electrons. The van der Waals surface area contributed by atoms with Crippen molar-refractivity contribution in [1.82, 2.24) is 4.98 Å². The number of hydrogen-bond donors (Lipinski definition) is 1. The monoisotopic (exact) mass is 244 g/mol. The van der Waals surface area contributed by atoms with Crippen LogP contribution in [0.5, 0.6) is 5.75 Å². The number of benzene rings is 1. The zero-order chi connectivity index (χ0) is 12.6. The van der Waals surface area contributed by atoms with Crippen molar-refractivity contribution in [2.45, 2.75) is 6.61 Å². The first-order valence-corrected chi connectivity index (χ1v) is 5.80. The number of rotatable bonds is 6. The molecule has 2 aromatic rings. The third-order valence-electron chi connectivity index (χ3n) is 2.36. The predicted octanol–water partition coefficient (Wildman–Crippen LogP) is 2.26. The second-order valence-electron chi connectivity index (χ2n) is 3.81. The molecule has 0 unspecified atom stereocenters. The lowest BCUT2D eigenvalue weighted by molar-refractivity contribution is 0.0888. The first-order valence-electron chi connectivity index (χ1n) is 5.80. The van der Waals surface area contributed by atoms with Gasteiger partial charge in [0.1, 0.15) is 18.2 Å². The van der Waals surface area contributed by atoms with E-state index in [0.717, 1.165) is 11.3 Å². The summed E-state index contributed by atoms with van der Waals surface area (Å²) in [7, 11) is 0. The zero-order valence-corrected chi connectivity index (χ0v) is 10.1. The van der Waals surface area contributed by atoms with Crippen LogP contribution in [0.3, 0.4) is 0 Å². The summed E-state index contributed by atoms with van der Waals surface area (Å²) >= 11 is 0. The van der Waals surface area contributed by atoms with E-state index in [9.17, 15) is 0 Å². The maximum absolute atomic E-state index is 5.50. The van der Waals surface area contributed by atoms with E-state index in [0.29, 0.717) is 25.6 Å². The lowest BCUT2D eigenvalue weighted by Crippen LogP contribution is -2.06. The summed E-state index contributed by atoms with van der Waals surface area (Å²) in [5.41, 5.74) is 6.50. The third kappa shape index (κ3) is 4.07. The van der Waals surface area contributed by atoms with E-state index in [-0.39, 0.29) is 0 Å². The minimum atomic E-state index is 0.519. The molecule has 0 fully saturated rings. The van der Waals surface area contributed by atoms with Gasteiger partial charge in [-0.15, -0.1) is 0 Å². The van der Waals surface area contributed by atoms with E-state index in [1.54, 1.807) is 12.3 Å². The van der Waals surface area contributed by atoms with Gasteiger partial charge in [-0.05, 0) is 23.8 Å². The molecular weight excluding hydrogens is 228 g/mol. The number of nitrogen functional groups attached to an aromatic ring is 1. The van der Waals surface area contributed by atoms with E-state index >= 15 is 0 Å². The fourth-order valence-corrected chi connectivity index (χ4v) is 1.45. The number of para-hydroxylation sites is 1. The van der Waals surface area contributed by atoms with Crippen LogP contribution in [0, 0.1) is 0 Å². The maximum Gasteiger partial charge on any atom is 0.123 e. The third-order valence-corrected chi connectivity index (χ3v) is 2.36. The van der Waals surface area contributed by atoms with Gasteiger partial charge < -0.3 is 15.2 Å². The van der Waals surface area contributed by atoms with Gasteiger partial charge >= 0.3 is 0 Å². The Bertz CT molecular complexity index is 457. The van der Waals surface area contributed by atoms with Crippen LogP contribution in [-0.2, 0) is 11.3 Å². The average Bonchev–Trinajstić information content (AvgIpc) is 2.42. The van der Waals surface area contributed by atoms with Crippen LogP contribution in [-0.4, -0.2) is 18.2 Å². The van der Waals surface area contributed by atoms with Gasteiger partial charge in [0.25, 0.3) is 0 Å². The summed E-state index contributed by atoms with van der Waals surface area (Å²) in [6.45, 7) is 1.59. The molecule has 4 heteroatoms. The van der Waals surface area contributed by atoms with Crippen molar-refractivity contribution in [2.24, 2.45) is 0 Å². The molecule has 1 aromatic carbocycles. The van der Waals surface area contributed by atoms with Crippen LogP contribution in [0.15, 0.2) is 48.7 Å². The summed E-state index contributed by atoms with van der Waals surface area (Å²) in [6.07, 6.45) is 1.72. The minimum absolute atomic E-state index is 0.519. The number of aromatic nitrogens is 1. The number of nitrogens with two attached hydrogens (primary N) is 1. The molecule has 0 aliphatic carbocycles. The van der Waals surface area contributed by atoms with Crippen LogP contribution in [0.2, 0.25) is 0 Å². The Kier molecular flexibility index (Phi) is 4.55. The second-order valence-corrected chi connectivity index (χ2v) is 3.81. The summed E-state index contributed by atoms with van der Waals surface area (Å²) < 4.78 is 11.0. The fourth-order valence-electron chi connectivity index (χ4n) is 1.45. The van der Waals surface area contributed by atoms with Gasteiger partial charge in [-0.25, -0.2) is 4.98 Å². The highest BCUT2D eigenvalue weighted by Crippen LogP contribution is 2.08. The van der Waals surface area contributed by atoms with Gasteiger partial charge in [-0.2, -0.15) is 0 Å². The molecule has 0 spiro atoms. The Labute approximate surface area is 106 Å². The smallest absolute Gasteiger partial charge is 0.123 e. The zero-order valence-electron chi connectivity index (χ0n) is 10.1. The summed E-state index contributed by atoms with van der Waals surface area (Å²) in [6, 6.07) is 13.3. The van der Waals surface area contributed by atoms with Crippen LogP contribution in [0.25, 0.3) is 0 Å². The van der Waals surface area contributed by atoms with Crippen molar-refractivity contribution in [3.63, 3.8) is 0 Å². The Balaban J connectivity index is 1.63. The molecule has 0 saturated carbocycles. The Hall–Kier alpha value is -2.07. The van der Waals surface area contributed by atoms with Crippen LogP contribution in [0.4, 0.5) is 5.82 Å². The molecule has 0 saturated heterocycles. The van der Waals surface area contributed by atoms with Gasteiger partial charge in [0.05, 0.1) is 13.2 Å². The van der Waals surface area contributed by atoms with E-state index in [2.05, 4.69) is 4.98 Å². The van der Waals surface area contributed by atoms with E-state index in [4.69, 9.17) is 15.2 Å². The molecular formula is C14H16N2O2. The van der Waals surface area contributed by atoms with E-state index in [1.807, 2.05) is 36.4 Å². The molecule has 0 bridgehead atoms. The molecule has 0 aliphatic heterocycles. The molecule has 0 atom stereocenters. The minimum Gasteiger partial charge on any atom is -0.491 e. The molecule has 18 heavy (non-hydrogen) atoms. The molecule has 2 N–H and O–H groups in total. The van der Waals surface area contributed by atoms with E-state index < -0.39 is 0 Å². The van der Waals surface area contributed by atoms with Crippen molar-refractivity contribution < 1.29 is 9.47 Å². The van der Waals surface area contributed by atoms with Crippen molar-refractivity contribution in [1.29, 1.82) is 0 Å². The summed E-state index contributed by atoms with van der Waals surface area (Å²) in [4.78, 5) is 3.99. The quantitative estimate of drug-likeness (QED) is 0.792. The molecule has 1 heterocycles. The fraction of sp³-hybridized carbons (Fsp3) is 0.214. The largest absolute Gasteiger partial charge is 0.491 e. The Morgan fingerprint density at radius 3 is 2.56 bits per heavy atom. The molecule has 0 amide bonds. The summed E-state index contributed by atoms with van der Waals surface area (Å²) in [5, 5.41) is 0. The number of nitrogens with zero attached hydrogens (tertiary/aromatic N) is 1. The SMILES string of the molecule is Nc1ccc(COCCOc2ccccc2)cn1. The highest BCUT2D eigenvalue weighted by molar-refractivity contribution is 5.28. The molecule has 1 aromatic heterocycles. The van der Waals surface area contributed by atoms with E-state index in [1.165, 1.54) is 0 Å². The molecule has 0 aliphatic rings. The van der Waals surface area contributed by atoms with Crippen molar-refractivity contribution in [3.8, 4) is 5.75 Å². The highest BCUT2D eigenvalue weighted by Gasteiger charge is 1.95. The highest BCUT2D eigenvalue weighted by atomic mass is 16.5. The number of pyridine rings is 1. The van der Waals surface area contributed by atoms with Crippen molar-refractivity contribution >= 4 is 5.82 Å². The first-order chi connectivity index (χ1) is 8.84. The van der Waals surface area contributed by atoms with Gasteiger partial charge in [0.2, 0.25) is 0 Å². The van der Waals surface area contributed by atoms with Gasteiger partial charge in [0, 0.05) is 6.20 Å². The molecule has 4 nitrogen and oxygen atoms in total. The van der Waals surface area contributed by atoms with Crippen LogP contribution < -0.4 is 10.5 Å². The molecule has 2 rings (SSSR count). The van der Waals surface area contributed by atoms with Crippen molar-refractivity contribution in [3.05, 3.63) is 54.2 Å². The number of ether oxygens (including phenoxy) is 2. The normalized spacial score (nSPS) is 10.2. The number of anilines is 1. The lowest BCUT2D eigenvalue weighted by atomic mass is 10.3. The second kappa shape index (κ2) is 6.61. The lowest BCUT2D eigenvalue weighted by Gasteiger charge is -2.07. The average molecular weight is 244 g/mol. The molecule has 0 radical (unpaired) electrons. The topological polar surface area (TPSA) is 57.4 Å². The van der Waals surface area contributed by atoms with Gasteiger partial charge in [-0.3, -0.25) is 0 Å². The van der Waals surface area contributed by atoms with Crippen molar-refractivity contribution in [2.75, 3.05) is 18.9 Å².